The van der Waals surface area contributed by atoms with Crippen molar-refractivity contribution in [1.29, 1.82) is 0 Å². The van der Waals surface area contributed by atoms with Crippen molar-refractivity contribution in [1.82, 2.24) is 19.2 Å². The quantitative estimate of drug-likeness (QED) is 0.848. The third kappa shape index (κ3) is 3.64. The number of halogens is 1. The number of aromatic nitrogens is 2. The van der Waals surface area contributed by atoms with E-state index in [0.717, 1.165) is 31.5 Å². The number of likely N-dealkylation sites (tertiary alicyclic amines) is 1. The summed E-state index contributed by atoms with van der Waals surface area (Å²) in [6.07, 6.45) is 3.68. The number of nitrogens with zero attached hydrogens (tertiary/aromatic N) is 3. The zero-order valence-corrected chi connectivity index (χ0v) is 15.1. The summed E-state index contributed by atoms with van der Waals surface area (Å²) in [4.78, 5) is 6.22. The molecule has 0 bridgehead atoms. The molecule has 0 amide bonds. The molecule has 130 valence electrons. The maximum Gasteiger partial charge on any atom is 0.261 e. The lowest BCUT2D eigenvalue weighted by molar-refractivity contribution is 0.246. The van der Waals surface area contributed by atoms with Crippen LogP contribution in [0.1, 0.15) is 24.4 Å². The zero-order chi connectivity index (χ0) is 17.2. The van der Waals surface area contributed by atoms with Gasteiger partial charge in [-0.2, -0.15) is 0 Å². The third-order valence-corrected chi connectivity index (χ3v) is 6.23. The molecular formula is C16H21ClN4O2S. The molecule has 1 unspecified atom stereocenters. The summed E-state index contributed by atoms with van der Waals surface area (Å²) in [5, 5.41) is -0.0140. The highest BCUT2D eigenvalue weighted by Crippen LogP contribution is 2.25. The summed E-state index contributed by atoms with van der Waals surface area (Å²) < 4.78 is 29.2. The fourth-order valence-corrected chi connectivity index (χ4v) is 4.48. The molecule has 0 aliphatic carbocycles. The molecule has 0 saturated carbocycles. The minimum atomic E-state index is -3.74. The van der Waals surface area contributed by atoms with E-state index in [0.29, 0.717) is 6.54 Å². The van der Waals surface area contributed by atoms with Crippen molar-refractivity contribution in [2.45, 2.75) is 23.9 Å². The Morgan fingerprint density at radius 3 is 2.50 bits per heavy atom. The first-order chi connectivity index (χ1) is 11.5. The van der Waals surface area contributed by atoms with E-state index in [1.807, 2.05) is 30.3 Å². The first kappa shape index (κ1) is 17.4. The third-order valence-electron chi connectivity index (χ3n) is 4.32. The minimum absolute atomic E-state index is 0.00552. The van der Waals surface area contributed by atoms with Crippen molar-refractivity contribution in [2.24, 2.45) is 7.05 Å². The average Bonchev–Trinajstić information content (AvgIpc) is 3.20. The number of hydrogen-bond donors (Lipinski definition) is 1. The van der Waals surface area contributed by atoms with Gasteiger partial charge >= 0.3 is 0 Å². The van der Waals surface area contributed by atoms with E-state index in [2.05, 4.69) is 14.6 Å². The van der Waals surface area contributed by atoms with Gasteiger partial charge in [-0.05, 0) is 31.5 Å². The van der Waals surface area contributed by atoms with Gasteiger partial charge in [0.15, 0.2) is 0 Å². The number of rotatable bonds is 6. The summed E-state index contributed by atoms with van der Waals surface area (Å²) >= 11 is 6.02. The second-order valence-corrected chi connectivity index (χ2v) is 8.01. The van der Waals surface area contributed by atoms with Crippen LogP contribution in [0, 0.1) is 0 Å². The van der Waals surface area contributed by atoms with E-state index in [1.54, 1.807) is 7.05 Å². The van der Waals surface area contributed by atoms with Crippen LogP contribution in [0.15, 0.2) is 41.7 Å². The van der Waals surface area contributed by atoms with Crippen LogP contribution in [-0.2, 0) is 17.1 Å². The van der Waals surface area contributed by atoms with Gasteiger partial charge in [-0.3, -0.25) is 4.90 Å². The van der Waals surface area contributed by atoms with Gasteiger partial charge in [-0.15, -0.1) is 0 Å². The number of benzene rings is 1. The molecule has 1 saturated heterocycles. The van der Waals surface area contributed by atoms with Crippen LogP contribution in [0.3, 0.4) is 0 Å². The number of sulfonamides is 1. The van der Waals surface area contributed by atoms with Crippen molar-refractivity contribution in [3.63, 3.8) is 0 Å². The Hall–Kier alpha value is -1.41. The number of imidazole rings is 1. The summed E-state index contributed by atoms with van der Waals surface area (Å²) in [5.41, 5.74) is 1.11. The summed E-state index contributed by atoms with van der Waals surface area (Å²) in [6, 6.07) is 9.98. The predicted molar refractivity (Wildman–Crippen MR) is 93.4 cm³/mol. The van der Waals surface area contributed by atoms with Crippen LogP contribution in [0.2, 0.25) is 5.15 Å². The molecule has 8 heteroatoms. The van der Waals surface area contributed by atoms with Gasteiger partial charge in [-0.25, -0.2) is 18.1 Å². The minimum Gasteiger partial charge on any atom is -0.324 e. The molecule has 2 aromatic rings. The van der Waals surface area contributed by atoms with Gasteiger partial charge in [0.2, 0.25) is 5.03 Å². The molecule has 1 aliphatic rings. The highest BCUT2D eigenvalue weighted by atomic mass is 35.5. The van der Waals surface area contributed by atoms with Crippen LogP contribution < -0.4 is 4.72 Å². The highest BCUT2D eigenvalue weighted by Gasteiger charge is 2.27. The molecule has 0 radical (unpaired) electrons. The van der Waals surface area contributed by atoms with E-state index >= 15 is 0 Å². The lowest BCUT2D eigenvalue weighted by Gasteiger charge is -2.28. The van der Waals surface area contributed by atoms with Gasteiger partial charge < -0.3 is 4.57 Å². The molecule has 1 aromatic carbocycles. The predicted octanol–water partition coefficient (Wildman–Crippen LogP) is 2.19. The van der Waals surface area contributed by atoms with E-state index in [1.165, 1.54) is 10.9 Å². The van der Waals surface area contributed by atoms with Crippen LogP contribution in [0.25, 0.3) is 0 Å². The Morgan fingerprint density at radius 1 is 1.25 bits per heavy atom. The topological polar surface area (TPSA) is 67.2 Å². The number of aryl methyl sites for hydroxylation is 1. The van der Waals surface area contributed by atoms with Crippen LogP contribution in [-0.4, -0.2) is 42.5 Å². The van der Waals surface area contributed by atoms with E-state index in [9.17, 15) is 8.42 Å². The maximum absolute atomic E-state index is 12.5. The average molecular weight is 369 g/mol. The van der Waals surface area contributed by atoms with E-state index in [-0.39, 0.29) is 16.2 Å². The highest BCUT2D eigenvalue weighted by molar-refractivity contribution is 7.89. The Balaban J connectivity index is 1.79. The van der Waals surface area contributed by atoms with Crippen LogP contribution >= 0.6 is 11.6 Å². The molecule has 6 nitrogen and oxygen atoms in total. The SMILES string of the molecule is Cn1cnc(S(=O)(=O)NCC(c2ccccc2)N2CCCC2)c1Cl. The number of hydrogen-bond acceptors (Lipinski definition) is 4. The fourth-order valence-electron chi connectivity index (χ4n) is 3.02. The first-order valence-electron chi connectivity index (χ1n) is 7.94. The normalized spacial score (nSPS) is 17.2. The molecule has 1 aliphatic heterocycles. The molecule has 1 N–H and O–H groups in total. The van der Waals surface area contributed by atoms with E-state index in [4.69, 9.17) is 11.6 Å². The van der Waals surface area contributed by atoms with Gasteiger partial charge in [0, 0.05) is 19.6 Å². The second-order valence-electron chi connectivity index (χ2n) is 5.97. The fraction of sp³-hybridized carbons (Fsp3) is 0.438. The molecule has 1 fully saturated rings. The lowest BCUT2D eigenvalue weighted by atomic mass is 10.1. The lowest BCUT2D eigenvalue weighted by Crippen LogP contribution is -2.37. The molecule has 0 spiro atoms. The Morgan fingerprint density at radius 2 is 1.92 bits per heavy atom. The Labute approximate surface area is 147 Å². The first-order valence-corrected chi connectivity index (χ1v) is 9.80. The summed E-state index contributed by atoms with van der Waals surface area (Å²) in [5.74, 6) is 0. The number of nitrogens with one attached hydrogen (secondary N) is 1. The molecule has 24 heavy (non-hydrogen) atoms. The van der Waals surface area contributed by atoms with Crippen molar-refractivity contribution in [2.75, 3.05) is 19.6 Å². The van der Waals surface area contributed by atoms with Gasteiger partial charge in [0.25, 0.3) is 10.0 Å². The van der Waals surface area contributed by atoms with Crippen molar-refractivity contribution < 1.29 is 8.42 Å². The van der Waals surface area contributed by atoms with Crippen molar-refractivity contribution in [3.05, 3.63) is 47.4 Å². The van der Waals surface area contributed by atoms with Crippen molar-refractivity contribution in [3.8, 4) is 0 Å². The summed E-state index contributed by atoms with van der Waals surface area (Å²) in [6.45, 7) is 2.25. The maximum atomic E-state index is 12.5. The van der Waals surface area contributed by atoms with Gasteiger partial charge in [-0.1, -0.05) is 41.9 Å². The molecule has 1 atom stereocenters. The molecule has 1 aromatic heterocycles. The Kier molecular flexibility index (Phi) is 5.24. The van der Waals surface area contributed by atoms with Crippen LogP contribution in [0.4, 0.5) is 0 Å². The van der Waals surface area contributed by atoms with Crippen molar-refractivity contribution >= 4 is 21.6 Å². The molecular weight excluding hydrogens is 348 g/mol. The van der Waals surface area contributed by atoms with Gasteiger partial charge in [0.05, 0.1) is 6.33 Å². The standard InChI is InChI=1S/C16H21ClN4O2S/c1-20-12-18-16(15(20)17)24(22,23)19-11-14(21-9-5-6-10-21)13-7-3-2-4-8-13/h2-4,7-8,12,14,19H,5-6,9-11H2,1H3. The Bertz CT molecular complexity index is 786. The zero-order valence-electron chi connectivity index (χ0n) is 13.5. The monoisotopic (exact) mass is 368 g/mol. The largest absolute Gasteiger partial charge is 0.324 e. The second kappa shape index (κ2) is 7.23. The molecule has 3 rings (SSSR count). The van der Waals surface area contributed by atoms with Crippen LogP contribution in [0.5, 0.6) is 0 Å². The summed E-state index contributed by atoms with van der Waals surface area (Å²) in [7, 11) is -2.09. The smallest absolute Gasteiger partial charge is 0.261 e. The van der Waals surface area contributed by atoms with Gasteiger partial charge in [0.1, 0.15) is 5.15 Å². The molecule has 2 heterocycles. The van der Waals surface area contributed by atoms with E-state index < -0.39 is 10.0 Å².